The van der Waals surface area contributed by atoms with E-state index >= 15 is 0 Å². The first kappa shape index (κ1) is 12.9. The molecule has 1 rings (SSSR count). The van der Waals surface area contributed by atoms with E-state index in [1.54, 1.807) is 13.3 Å². The SMILES string of the molecule is COCCOCCNc1nc(C)cnc1C. The molecule has 0 saturated heterocycles. The maximum atomic E-state index is 5.33. The third-order valence-corrected chi connectivity index (χ3v) is 2.05. The van der Waals surface area contributed by atoms with E-state index < -0.39 is 0 Å². The van der Waals surface area contributed by atoms with Crippen LogP contribution in [0.3, 0.4) is 0 Å². The number of hydrogen-bond donors (Lipinski definition) is 1. The molecule has 5 heteroatoms. The summed E-state index contributed by atoms with van der Waals surface area (Å²) in [7, 11) is 1.66. The summed E-state index contributed by atoms with van der Waals surface area (Å²) in [5.74, 6) is 0.829. The fraction of sp³-hybridized carbons (Fsp3) is 0.636. The van der Waals surface area contributed by atoms with Crippen LogP contribution in [0.1, 0.15) is 11.4 Å². The number of methoxy groups -OCH3 is 1. The Kier molecular flexibility index (Phi) is 5.74. The standard InChI is InChI=1S/C11H19N3O2/c1-9-8-13-10(2)11(14-9)12-4-5-16-7-6-15-3/h8H,4-7H2,1-3H3,(H,12,14). The molecule has 0 spiro atoms. The van der Waals surface area contributed by atoms with E-state index in [0.29, 0.717) is 19.8 Å². The largest absolute Gasteiger partial charge is 0.382 e. The van der Waals surface area contributed by atoms with Gasteiger partial charge in [-0.25, -0.2) is 4.98 Å². The van der Waals surface area contributed by atoms with Crippen LogP contribution in [-0.4, -0.2) is 43.4 Å². The van der Waals surface area contributed by atoms with Crippen molar-refractivity contribution in [3.8, 4) is 0 Å². The van der Waals surface area contributed by atoms with Gasteiger partial charge in [-0.05, 0) is 13.8 Å². The van der Waals surface area contributed by atoms with Crippen LogP contribution in [0, 0.1) is 13.8 Å². The predicted molar refractivity (Wildman–Crippen MR) is 62.7 cm³/mol. The van der Waals surface area contributed by atoms with Crippen molar-refractivity contribution < 1.29 is 9.47 Å². The molecule has 0 aliphatic heterocycles. The first-order valence-corrected chi connectivity index (χ1v) is 5.35. The Labute approximate surface area is 96.2 Å². The summed E-state index contributed by atoms with van der Waals surface area (Å²) in [5.41, 5.74) is 1.82. The minimum atomic E-state index is 0.622. The molecule has 0 unspecified atom stereocenters. The molecule has 0 aromatic carbocycles. The molecule has 0 bridgehead atoms. The molecular weight excluding hydrogens is 206 g/mol. The van der Waals surface area contributed by atoms with Gasteiger partial charge in [0.2, 0.25) is 0 Å². The van der Waals surface area contributed by atoms with Crippen molar-refractivity contribution in [2.24, 2.45) is 0 Å². The Hall–Kier alpha value is -1.20. The van der Waals surface area contributed by atoms with E-state index in [1.165, 1.54) is 0 Å². The van der Waals surface area contributed by atoms with Crippen LogP contribution in [0.4, 0.5) is 5.82 Å². The lowest BCUT2D eigenvalue weighted by Crippen LogP contribution is -2.14. The molecule has 0 fully saturated rings. The molecule has 0 aliphatic rings. The molecule has 1 aromatic rings. The average Bonchev–Trinajstić information content (AvgIpc) is 2.28. The normalized spacial score (nSPS) is 10.4. The van der Waals surface area contributed by atoms with Gasteiger partial charge < -0.3 is 14.8 Å². The number of aryl methyl sites for hydroxylation is 2. The van der Waals surface area contributed by atoms with Gasteiger partial charge in [-0.15, -0.1) is 0 Å². The maximum Gasteiger partial charge on any atom is 0.147 e. The number of anilines is 1. The fourth-order valence-electron chi connectivity index (χ4n) is 1.19. The first-order chi connectivity index (χ1) is 7.74. The lowest BCUT2D eigenvalue weighted by molar-refractivity contribution is 0.0759. The number of ether oxygens (including phenoxy) is 2. The van der Waals surface area contributed by atoms with Crippen molar-refractivity contribution in [3.05, 3.63) is 17.6 Å². The molecule has 0 aliphatic carbocycles. The Bertz CT molecular complexity index is 318. The van der Waals surface area contributed by atoms with Gasteiger partial charge in [-0.3, -0.25) is 4.98 Å². The van der Waals surface area contributed by atoms with Gasteiger partial charge in [0, 0.05) is 19.9 Å². The molecule has 0 saturated carbocycles. The van der Waals surface area contributed by atoms with Crippen molar-refractivity contribution in [2.75, 3.05) is 38.8 Å². The van der Waals surface area contributed by atoms with Gasteiger partial charge in [-0.2, -0.15) is 0 Å². The van der Waals surface area contributed by atoms with Crippen molar-refractivity contribution >= 4 is 5.82 Å². The summed E-state index contributed by atoms with van der Waals surface area (Å²) in [5, 5.41) is 3.19. The third kappa shape index (κ3) is 4.55. The lowest BCUT2D eigenvalue weighted by atomic mass is 10.4. The predicted octanol–water partition coefficient (Wildman–Crippen LogP) is 1.17. The van der Waals surface area contributed by atoms with Gasteiger partial charge in [0.15, 0.2) is 0 Å². The van der Waals surface area contributed by atoms with Crippen molar-refractivity contribution in [1.29, 1.82) is 0 Å². The highest BCUT2D eigenvalue weighted by atomic mass is 16.5. The van der Waals surface area contributed by atoms with Crippen LogP contribution >= 0.6 is 0 Å². The van der Waals surface area contributed by atoms with Gasteiger partial charge in [0.05, 0.1) is 31.2 Å². The average molecular weight is 225 g/mol. The van der Waals surface area contributed by atoms with E-state index in [9.17, 15) is 0 Å². The molecule has 0 atom stereocenters. The monoisotopic (exact) mass is 225 g/mol. The van der Waals surface area contributed by atoms with Crippen LogP contribution in [-0.2, 0) is 9.47 Å². The highest BCUT2D eigenvalue weighted by Gasteiger charge is 2.00. The van der Waals surface area contributed by atoms with E-state index in [-0.39, 0.29) is 0 Å². The zero-order valence-corrected chi connectivity index (χ0v) is 10.1. The molecule has 5 nitrogen and oxygen atoms in total. The Morgan fingerprint density at radius 2 is 2.06 bits per heavy atom. The minimum absolute atomic E-state index is 0.622. The van der Waals surface area contributed by atoms with Crippen LogP contribution in [0.5, 0.6) is 0 Å². The highest BCUT2D eigenvalue weighted by molar-refractivity contribution is 5.39. The summed E-state index contributed by atoms with van der Waals surface area (Å²) in [6.07, 6.45) is 1.76. The van der Waals surface area contributed by atoms with Crippen LogP contribution in [0.2, 0.25) is 0 Å². The second kappa shape index (κ2) is 7.14. The first-order valence-electron chi connectivity index (χ1n) is 5.35. The van der Waals surface area contributed by atoms with Gasteiger partial charge in [0.1, 0.15) is 5.82 Å². The molecule has 0 radical (unpaired) electrons. The zero-order valence-electron chi connectivity index (χ0n) is 10.1. The minimum Gasteiger partial charge on any atom is -0.382 e. The summed E-state index contributed by atoms with van der Waals surface area (Å²) < 4.78 is 10.2. The molecule has 90 valence electrons. The molecular formula is C11H19N3O2. The fourth-order valence-corrected chi connectivity index (χ4v) is 1.19. The zero-order chi connectivity index (χ0) is 11.8. The number of aromatic nitrogens is 2. The number of hydrogen-bond acceptors (Lipinski definition) is 5. The molecule has 1 aromatic heterocycles. The van der Waals surface area contributed by atoms with Crippen LogP contribution in [0.15, 0.2) is 6.20 Å². The maximum absolute atomic E-state index is 5.33. The summed E-state index contributed by atoms with van der Waals surface area (Å²) >= 11 is 0. The van der Waals surface area contributed by atoms with E-state index in [1.807, 2.05) is 13.8 Å². The van der Waals surface area contributed by atoms with Crippen LogP contribution < -0.4 is 5.32 Å². The molecule has 1 heterocycles. The number of nitrogens with zero attached hydrogens (tertiary/aromatic N) is 2. The summed E-state index contributed by atoms with van der Waals surface area (Å²) in [4.78, 5) is 8.57. The third-order valence-electron chi connectivity index (χ3n) is 2.05. The molecule has 1 N–H and O–H groups in total. The molecule has 16 heavy (non-hydrogen) atoms. The topological polar surface area (TPSA) is 56.3 Å². The van der Waals surface area contributed by atoms with E-state index in [4.69, 9.17) is 9.47 Å². The van der Waals surface area contributed by atoms with E-state index in [0.717, 1.165) is 23.8 Å². The smallest absolute Gasteiger partial charge is 0.147 e. The van der Waals surface area contributed by atoms with Crippen LogP contribution in [0.25, 0.3) is 0 Å². The Balaban J connectivity index is 2.23. The lowest BCUT2D eigenvalue weighted by Gasteiger charge is -2.08. The second-order valence-corrected chi connectivity index (χ2v) is 3.48. The number of rotatable bonds is 7. The van der Waals surface area contributed by atoms with Crippen molar-refractivity contribution in [1.82, 2.24) is 9.97 Å². The second-order valence-electron chi connectivity index (χ2n) is 3.48. The Morgan fingerprint density at radius 3 is 2.81 bits per heavy atom. The highest BCUT2D eigenvalue weighted by Crippen LogP contribution is 2.07. The number of nitrogens with one attached hydrogen (secondary N) is 1. The van der Waals surface area contributed by atoms with Gasteiger partial charge >= 0.3 is 0 Å². The van der Waals surface area contributed by atoms with Crippen molar-refractivity contribution in [2.45, 2.75) is 13.8 Å². The quantitative estimate of drug-likeness (QED) is 0.706. The van der Waals surface area contributed by atoms with Gasteiger partial charge in [0.25, 0.3) is 0 Å². The van der Waals surface area contributed by atoms with Gasteiger partial charge in [-0.1, -0.05) is 0 Å². The molecule has 0 amide bonds. The van der Waals surface area contributed by atoms with E-state index in [2.05, 4.69) is 15.3 Å². The summed E-state index contributed by atoms with van der Waals surface area (Å²) in [6.45, 7) is 6.47. The Morgan fingerprint density at radius 1 is 1.25 bits per heavy atom. The summed E-state index contributed by atoms with van der Waals surface area (Å²) in [6, 6.07) is 0. The van der Waals surface area contributed by atoms with Crippen molar-refractivity contribution in [3.63, 3.8) is 0 Å².